The molecule has 2 heterocycles. The normalized spacial score (nSPS) is 15.8. The molecule has 0 radical (unpaired) electrons. The fourth-order valence-corrected chi connectivity index (χ4v) is 4.10. The van der Waals surface area contributed by atoms with Crippen molar-refractivity contribution in [3.05, 3.63) is 70.1 Å². The number of benzene rings is 2. The number of halogens is 1. The van der Waals surface area contributed by atoms with E-state index < -0.39 is 0 Å². The van der Waals surface area contributed by atoms with Gasteiger partial charge in [-0.05, 0) is 44.2 Å². The zero-order chi connectivity index (χ0) is 19.8. The average molecular weight is 394 g/mol. The van der Waals surface area contributed by atoms with E-state index in [1.807, 2.05) is 43.5 Å². The summed E-state index contributed by atoms with van der Waals surface area (Å²) >= 11 is 1.42. The van der Waals surface area contributed by atoms with Crippen molar-refractivity contribution in [1.82, 2.24) is 4.68 Å². The standard InChI is InChI=1S/C21H19FN4OS/c1-13(2)25-17-7-5-4-6-16(17)19(20(25)27)24-26-18(12-28-21(26)23-3)14-8-10-15(22)11-9-14/h4-13H,1-3H3. The van der Waals surface area contributed by atoms with E-state index in [9.17, 15) is 9.18 Å². The van der Waals surface area contributed by atoms with E-state index in [1.165, 1.54) is 23.5 Å². The Hall–Kier alpha value is -3.06. The average Bonchev–Trinajstić information content (AvgIpc) is 3.21. The number of hydrogen-bond donors (Lipinski definition) is 0. The molecule has 1 aromatic heterocycles. The molecule has 0 bridgehead atoms. The summed E-state index contributed by atoms with van der Waals surface area (Å²) in [7, 11) is 1.68. The largest absolute Gasteiger partial charge is 0.304 e. The summed E-state index contributed by atoms with van der Waals surface area (Å²) in [6, 6.07) is 13.9. The van der Waals surface area contributed by atoms with Gasteiger partial charge in [-0.2, -0.15) is 5.10 Å². The summed E-state index contributed by atoms with van der Waals surface area (Å²) in [6.45, 7) is 3.96. The minimum absolute atomic E-state index is 0.0146. The molecule has 0 fully saturated rings. The number of amides is 1. The van der Waals surface area contributed by atoms with E-state index in [2.05, 4.69) is 4.99 Å². The van der Waals surface area contributed by atoms with Crippen molar-refractivity contribution in [2.45, 2.75) is 19.9 Å². The Bertz CT molecular complexity index is 1140. The van der Waals surface area contributed by atoms with Crippen LogP contribution < -0.4 is 9.70 Å². The van der Waals surface area contributed by atoms with Gasteiger partial charge in [-0.15, -0.1) is 11.3 Å². The molecule has 0 aliphatic carbocycles. The number of thiazole rings is 1. The summed E-state index contributed by atoms with van der Waals surface area (Å²) in [5.41, 5.74) is 3.59. The molecule has 142 valence electrons. The van der Waals surface area contributed by atoms with E-state index in [-0.39, 0.29) is 17.8 Å². The van der Waals surface area contributed by atoms with Gasteiger partial charge >= 0.3 is 0 Å². The molecule has 0 saturated carbocycles. The fourth-order valence-electron chi connectivity index (χ4n) is 3.30. The van der Waals surface area contributed by atoms with Crippen LogP contribution in [-0.2, 0) is 4.79 Å². The molecular weight excluding hydrogens is 375 g/mol. The first-order valence-corrected chi connectivity index (χ1v) is 9.80. The third-order valence-corrected chi connectivity index (χ3v) is 5.48. The first-order valence-electron chi connectivity index (χ1n) is 8.92. The van der Waals surface area contributed by atoms with Crippen molar-refractivity contribution in [3.8, 4) is 11.3 Å². The van der Waals surface area contributed by atoms with Gasteiger partial charge < -0.3 is 4.90 Å². The lowest BCUT2D eigenvalue weighted by atomic mass is 10.1. The molecule has 0 spiro atoms. The Labute approximate surface area is 166 Å². The lowest BCUT2D eigenvalue weighted by Crippen LogP contribution is -2.36. The summed E-state index contributed by atoms with van der Waals surface area (Å²) in [4.78, 5) is 19.8. The smallest absolute Gasteiger partial charge is 0.279 e. The topological polar surface area (TPSA) is 50.0 Å². The van der Waals surface area contributed by atoms with Gasteiger partial charge in [-0.3, -0.25) is 9.79 Å². The van der Waals surface area contributed by atoms with Crippen LogP contribution in [0.1, 0.15) is 19.4 Å². The molecule has 0 unspecified atom stereocenters. The molecule has 0 saturated heterocycles. The number of carbonyl (C=O) groups is 1. The maximum absolute atomic E-state index is 13.3. The molecule has 2 aromatic carbocycles. The first-order chi connectivity index (χ1) is 13.5. The highest BCUT2D eigenvalue weighted by molar-refractivity contribution is 7.07. The van der Waals surface area contributed by atoms with E-state index in [0.29, 0.717) is 10.5 Å². The third kappa shape index (κ3) is 2.97. The Morgan fingerprint density at radius 1 is 1.07 bits per heavy atom. The number of anilines is 1. The minimum Gasteiger partial charge on any atom is -0.304 e. The van der Waals surface area contributed by atoms with E-state index in [0.717, 1.165) is 22.5 Å². The van der Waals surface area contributed by atoms with Gasteiger partial charge in [0, 0.05) is 29.6 Å². The molecule has 1 aliphatic rings. The second-order valence-electron chi connectivity index (χ2n) is 6.68. The molecular formula is C21H19FN4OS. The van der Waals surface area contributed by atoms with Gasteiger partial charge in [-0.25, -0.2) is 9.07 Å². The van der Waals surface area contributed by atoms with Gasteiger partial charge in [0.05, 0.1) is 11.4 Å². The van der Waals surface area contributed by atoms with Crippen LogP contribution in [0.2, 0.25) is 0 Å². The quantitative estimate of drug-likeness (QED) is 0.665. The second-order valence-corrected chi connectivity index (χ2v) is 7.52. The van der Waals surface area contributed by atoms with Crippen LogP contribution in [-0.4, -0.2) is 29.4 Å². The first kappa shape index (κ1) is 18.3. The predicted molar refractivity (Wildman–Crippen MR) is 110 cm³/mol. The number of fused-ring (bicyclic) bond motifs is 1. The SMILES string of the molecule is CN=c1scc(-c2ccc(F)cc2)n1N=C1C(=O)N(C(C)C)c2ccccc21. The molecule has 0 N–H and O–H groups in total. The van der Waals surface area contributed by atoms with Crippen LogP contribution in [0.15, 0.2) is 64.0 Å². The van der Waals surface area contributed by atoms with Crippen molar-refractivity contribution in [3.63, 3.8) is 0 Å². The lowest BCUT2D eigenvalue weighted by molar-refractivity contribution is -0.112. The van der Waals surface area contributed by atoms with Gasteiger partial charge in [-0.1, -0.05) is 18.2 Å². The van der Waals surface area contributed by atoms with Crippen molar-refractivity contribution in [2.75, 3.05) is 11.9 Å². The third-order valence-electron chi connectivity index (χ3n) is 4.57. The van der Waals surface area contributed by atoms with Crippen LogP contribution in [0.5, 0.6) is 0 Å². The summed E-state index contributed by atoms with van der Waals surface area (Å²) in [5.74, 6) is -0.438. The molecule has 1 amide bonds. The highest BCUT2D eigenvalue weighted by atomic mass is 32.1. The number of aromatic nitrogens is 1. The van der Waals surface area contributed by atoms with E-state index >= 15 is 0 Å². The van der Waals surface area contributed by atoms with Crippen LogP contribution >= 0.6 is 11.3 Å². The molecule has 0 atom stereocenters. The number of carbonyl (C=O) groups excluding carboxylic acids is 1. The molecule has 7 heteroatoms. The fraction of sp³-hybridized carbons (Fsp3) is 0.190. The van der Waals surface area contributed by atoms with Gasteiger partial charge in [0.2, 0.25) is 4.80 Å². The van der Waals surface area contributed by atoms with Crippen LogP contribution in [0.3, 0.4) is 0 Å². The van der Waals surface area contributed by atoms with Crippen molar-refractivity contribution < 1.29 is 9.18 Å². The maximum atomic E-state index is 13.3. The second kappa shape index (κ2) is 7.16. The zero-order valence-corrected chi connectivity index (χ0v) is 16.6. The summed E-state index contributed by atoms with van der Waals surface area (Å²) < 4.78 is 15.0. The van der Waals surface area contributed by atoms with Crippen molar-refractivity contribution in [1.29, 1.82) is 0 Å². The minimum atomic E-state index is -0.301. The zero-order valence-electron chi connectivity index (χ0n) is 15.8. The van der Waals surface area contributed by atoms with Crippen LogP contribution in [0.4, 0.5) is 10.1 Å². The van der Waals surface area contributed by atoms with Gasteiger partial charge in [0.25, 0.3) is 5.91 Å². The molecule has 4 rings (SSSR count). The van der Waals surface area contributed by atoms with Crippen LogP contribution in [0, 0.1) is 5.82 Å². The number of nitrogens with zero attached hydrogens (tertiary/aromatic N) is 4. The van der Waals surface area contributed by atoms with Gasteiger partial charge in [0.15, 0.2) is 5.71 Å². The predicted octanol–water partition coefficient (Wildman–Crippen LogP) is 3.89. The van der Waals surface area contributed by atoms with Gasteiger partial charge in [0.1, 0.15) is 5.82 Å². The molecule has 5 nitrogen and oxygen atoms in total. The monoisotopic (exact) mass is 394 g/mol. The maximum Gasteiger partial charge on any atom is 0.279 e. The van der Waals surface area contributed by atoms with E-state index in [1.54, 1.807) is 28.8 Å². The van der Waals surface area contributed by atoms with E-state index in [4.69, 9.17) is 5.10 Å². The Morgan fingerprint density at radius 3 is 2.46 bits per heavy atom. The number of hydrogen-bond acceptors (Lipinski definition) is 4. The number of para-hydroxylation sites is 1. The Kier molecular flexibility index (Phi) is 4.68. The van der Waals surface area contributed by atoms with Crippen LogP contribution in [0.25, 0.3) is 11.3 Å². The highest BCUT2D eigenvalue weighted by Crippen LogP contribution is 2.31. The van der Waals surface area contributed by atoms with Crippen molar-refractivity contribution >= 4 is 28.6 Å². The highest BCUT2D eigenvalue weighted by Gasteiger charge is 2.35. The molecule has 3 aromatic rings. The molecule has 28 heavy (non-hydrogen) atoms. The number of rotatable bonds is 3. The Morgan fingerprint density at radius 2 is 1.79 bits per heavy atom. The van der Waals surface area contributed by atoms with Crippen molar-refractivity contribution in [2.24, 2.45) is 10.1 Å². The molecule has 1 aliphatic heterocycles. The summed E-state index contributed by atoms with van der Waals surface area (Å²) in [6.07, 6.45) is 0. The summed E-state index contributed by atoms with van der Waals surface area (Å²) in [5, 5.41) is 6.62. The Balaban J connectivity index is 1.91. The lowest BCUT2D eigenvalue weighted by Gasteiger charge is -2.20.